The molecule has 172 valence electrons. The number of fused-ring (bicyclic) bond motifs is 1. The topological polar surface area (TPSA) is 118 Å². The van der Waals surface area contributed by atoms with Gasteiger partial charge in [0.25, 0.3) is 10.0 Å². The van der Waals surface area contributed by atoms with Crippen molar-refractivity contribution < 1.29 is 27.2 Å². The molecule has 1 aliphatic carbocycles. The predicted octanol–water partition coefficient (Wildman–Crippen LogP) is 3.39. The molecule has 1 saturated carbocycles. The third-order valence-corrected chi connectivity index (χ3v) is 7.25. The molecule has 0 radical (unpaired) electrons. The van der Waals surface area contributed by atoms with Gasteiger partial charge in [-0.05, 0) is 48.7 Å². The maximum absolute atomic E-state index is 13.3. The van der Waals surface area contributed by atoms with Crippen LogP contribution < -0.4 is 18.9 Å². The Morgan fingerprint density at radius 1 is 1.03 bits per heavy atom. The van der Waals surface area contributed by atoms with E-state index in [0.717, 1.165) is 18.4 Å². The molecule has 0 spiro atoms. The van der Waals surface area contributed by atoms with Crippen molar-refractivity contribution in [1.29, 1.82) is 0 Å². The fourth-order valence-electron chi connectivity index (χ4n) is 4.09. The van der Waals surface area contributed by atoms with E-state index in [1.807, 2.05) is 29.1 Å². The summed E-state index contributed by atoms with van der Waals surface area (Å²) in [4.78, 5) is -0.141. The maximum Gasteiger partial charge on any atom is 0.270 e. The molecule has 2 aromatic carbocycles. The normalized spacial score (nSPS) is 14.8. The van der Waals surface area contributed by atoms with Crippen LogP contribution in [0.1, 0.15) is 18.4 Å². The Labute approximate surface area is 190 Å². The van der Waals surface area contributed by atoms with Crippen LogP contribution in [-0.2, 0) is 15.6 Å². The molecular weight excluding hydrogens is 448 g/mol. The van der Waals surface area contributed by atoms with Crippen molar-refractivity contribution in [2.24, 2.45) is 0 Å². The summed E-state index contributed by atoms with van der Waals surface area (Å²) in [6.45, 7) is 0. The summed E-state index contributed by atoms with van der Waals surface area (Å²) in [7, 11) is 0.148. The van der Waals surface area contributed by atoms with Crippen LogP contribution in [-0.4, -0.2) is 44.7 Å². The molecule has 10 nitrogen and oxygen atoms in total. The van der Waals surface area contributed by atoms with Crippen molar-refractivity contribution in [3.63, 3.8) is 0 Å². The Kier molecular flexibility index (Phi) is 4.93. The number of rotatable bonds is 8. The van der Waals surface area contributed by atoms with Crippen LogP contribution >= 0.6 is 0 Å². The summed E-state index contributed by atoms with van der Waals surface area (Å²) in [6.07, 6.45) is 5.50. The van der Waals surface area contributed by atoms with Gasteiger partial charge in [-0.25, -0.2) is 8.42 Å². The quantitative estimate of drug-likeness (QED) is 0.416. The Morgan fingerprint density at radius 3 is 2.30 bits per heavy atom. The van der Waals surface area contributed by atoms with Crippen molar-refractivity contribution in [1.82, 2.24) is 14.9 Å². The zero-order valence-corrected chi connectivity index (χ0v) is 19.0. The Hall–Kier alpha value is -3.73. The smallest absolute Gasteiger partial charge is 0.270 e. The van der Waals surface area contributed by atoms with Gasteiger partial charge >= 0.3 is 0 Å². The summed E-state index contributed by atoms with van der Waals surface area (Å²) >= 11 is 0. The van der Waals surface area contributed by atoms with Gasteiger partial charge in [0.1, 0.15) is 22.6 Å². The average molecular weight is 471 g/mol. The number of nitrogens with zero attached hydrogens (tertiary/aromatic N) is 3. The average Bonchev–Trinajstić information content (AvgIpc) is 3.25. The third-order valence-electron chi connectivity index (χ3n) is 5.84. The first-order valence-electron chi connectivity index (χ1n) is 10.2. The van der Waals surface area contributed by atoms with Gasteiger partial charge in [0.05, 0.1) is 26.9 Å². The second-order valence-corrected chi connectivity index (χ2v) is 9.28. The molecule has 2 aromatic heterocycles. The molecule has 1 N–H and O–H groups in total. The first kappa shape index (κ1) is 21.1. The molecule has 5 rings (SSSR count). The van der Waals surface area contributed by atoms with E-state index in [0.29, 0.717) is 16.7 Å². The molecule has 11 heteroatoms. The van der Waals surface area contributed by atoms with Gasteiger partial charge in [0.2, 0.25) is 0 Å². The number of hydrogen-bond acceptors (Lipinski definition) is 8. The minimum Gasteiger partial charge on any atom is -0.496 e. The molecule has 0 unspecified atom stereocenters. The van der Waals surface area contributed by atoms with E-state index < -0.39 is 10.0 Å². The standard InChI is InChI=1S/C22H22N4O6S/c1-29-15-6-4-7-16(30-2)20(15)33(27,28)25-21-19-17(31-3)12-14(13-18(19)32-24-21)22(8-9-22)26-11-5-10-23-26/h4-7,10-13H,8-9H2,1-3H3,(H,24,25). The second-order valence-electron chi connectivity index (χ2n) is 7.66. The molecule has 1 fully saturated rings. The molecule has 0 atom stereocenters. The van der Waals surface area contributed by atoms with E-state index in [1.54, 1.807) is 12.3 Å². The van der Waals surface area contributed by atoms with Gasteiger partial charge in [-0.1, -0.05) is 11.2 Å². The molecule has 0 saturated heterocycles. The maximum atomic E-state index is 13.3. The highest BCUT2D eigenvalue weighted by molar-refractivity contribution is 7.93. The largest absolute Gasteiger partial charge is 0.496 e. The number of sulfonamides is 1. The number of aromatic nitrogens is 3. The summed E-state index contributed by atoms with van der Waals surface area (Å²) < 4.78 is 52.6. The number of ether oxygens (including phenoxy) is 3. The number of nitrogens with one attached hydrogen (secondary N) is 1. The first-order valence-corrected chi connectivity index (χ1v) is 11.6. The monoisotopic (exact) mass is 470 g/mol. The number of benzene rings is 2. The van der Waals surface area contributed by atoms with Crippen LogP contribution in [0, 0.1) is 0 Å². The highest BCUT2D eigenvalue weighted by Crippen LogP contribution is 2.51. The summed E-state index contributed by atoms with van der Waals surface area (Å²) in [5.41, 5.74) is 1.07. The molecule has 33 heavy (non-hydrogen) atoms. The van der Waals surface area contributed by atoms with Crippen LogP contribution in [0.5, 0.6) is 17.2 Å². The molecule has 1 aliphatic rings. The Bertz CT molecular complexity index is 1400. The third kappa shape index (κ3) is 3.35. The molecule has 0 aliphatic heterocycles. The highest BCUT2D eigenvalue weighted by atomic mass is 32.2. The lowest BCUT2D eigenvalue weighted by Gasteiger charge is -2.18. The predicted molar refractivity (Wildman–Crippen MR) is 119 cm³/mol. The molecule has 0 amide bonds. The number of anilines is 1. The van der Waals surface area contributed by atoms with Crippen LogP contribution in [0.15, 0.2) is 58.2 Å². The van der Waals surface area contributed by atoms with E-state index in [-0.39, 0.29) is 27.8 Å². The SMILES string of the molecule is COc1cccc(OC)c1S(=O)(=O)Nc1noc2cc(C3(n4cccn4)CC3)cc(OC)c12. The lowest BCUT2D eigenvalue weighted by molar-refractivity contribution is 0.373. The van der Waals surface area contributed by atoms with Crippen molar-refractivity contribution in [2.45, 2.75) is 23.3 Å². The summed E-state index contributed by atoms with van der Waals surface area (Å²) in [5, 5.41) is 8.79. The lowest BCUT2D eigenvalue weighted by atomic mass is 10.0. The highest BCUT2D eigenvalue weighted by Gasteiger charge is 2.47. The number of hydrogen-bond donors (Lipinski definition) is 1. The first-order chi connectivity index (χ1) is 15.9. The molecule has 0 bridgehead atoms. The number of methoxy groups -OCH3 is 3. The zero-order valence-electron chi connectivity index (χ0n) is 18.2. The van der Waals surface area contributed by atoms with Crippen LogP contribution in [0.4, 0.5) is 5.82 Å². The van der Waals surface area contributed by atoms with Crippen molar-refractivity contribution in [3.8, 4) is 17.2 Å². The van der Waals surface area contributed by atoms with E-state index in [9.17, 15) is 8.42 Å². The Morgan fingerprint density at radius 2 is 1.73 bits per heavy atom. The van der Waals surface area contributed by atoms with Crippen molar-refractivity contribution in [3.05, 3.63) is 54.4 Å². The molecule has 2 heterocycles. The van der Waals surface area contributed by atoms with Crippen LogP contribution in [0.2, 0.25) is 0 Å². The van der Waals surface area contributed by atoms with E-state index >= 15 is 0 Å². The summed E-state index contributed by atoms with van der Waals surface area (Å²) in [6, 6.07) is 10.3. The van der Waals surface area contributed by atoms with Gasteiger partial charge in [0.15, 0.2) is 16.3 Å². The van der Waals surface area contributed by atoms with Gasteiger partial charge in [-0.15, -0.1) is 0 Å². The second kappa shape index (κ2) is 7.69. The van der Waals surface area contributed by atoms with Gasteiger partial charge in [-0.3, -0.25) is 9.40 Å². The van der Waals surface area contributed by atoms with Gasteiger partial charge in [-0.2, -0.15) is 5.10 Å². The fraction of sp³-hybridized carbons (Fsp3) is 0.273. The summed E-state index contributed by atoms with van der Waals surface area (Å²) in [5.74, 6) is 0.717. The molecular formula is C22H22N4O6S. The van der Waals surface area contributed by atoms with E-state index in [2.05, 4.69) is 15.0 Å². The van der Waals surface area contributed by atoms with Gasteiger partial charge < -0.3 is 18.7 Å². The van der Waals surface area contributed by atoms with Crippen molar-refractivity contribution in [2.75, 3.05) is 26.1 Å². The van der Waals surface area contributed by atoms with Crippen LogP contribution in [0.25, 0.3) is 11.0 Å². The van der Waals surface area contributed by atoms with Crippen molar-refractivity contribution >= 4 is 26.8 Å². The fourth-order valence-corrected chi connectivity index (χ4v) is 5.41. The minimum atomic E-state index is -4.14. The zero-order chi connectivity index (χ0) is 23.2. The van der Waals surface area contributed by atoms with E-state index in [4.69, 9.17) is 18.7 Å². The van der Waals surface area contributed by atoms with E-state index in [1.165, 1.54) is 33.5 Å². The lowest BCUT2D eigenvalue weighted by Crippen LogP contribution is -2.19. The van der Waals surface area contributed by atoms with Crippen LogP contribution in [0.3, 0.4) is 0 Å². The minimum absolute atomic E-state index is 0.00490. The molecule has 4 aromatic rings. The van der Waals surface area contributed by atoms with Gasteiger partial charge in [0, 0.05) is 12.4 Å². The Balaban J connectivity index is 1.59.